The highest BCUT2D eigenvalue weighted by molar-refractivity contribution is 5.85. The number of nitrogens with two attached hydrogens (primary N) is 2. The molecule has 0 amide bonds. The zero-order valence-electron chi connectivity index (χ0n) is 7.66. The maximum Gasteiger partial charge on any atom is 0.390 e. The van der Waals surface area contributed by atoms with Gasteiger partial charge in [-0.1, -0.05) is 6.07 Å². The molecule has 4 N–H and O–H groups in total. The van der Waals surface area contributed by atoms with Crippen molar-refractivity contribution in [2.75, 3.05) is 5.73 Å². The summed E-state index contributed by atoms with van der Waals surface area (Å²) in [5.41, 5.74) is 11.0. The molecule has 0 aliphatic carbocycles. The van der Waals surface area contributed by atoms with Crippen molar-refractivity contribution in [3.63, 3.8) is 0 Å². The van der Waals surface area contributed by atoms with E-state index >= 15 is 0 Å². The topological polar surface area (TPSA) is 64.9 Å². The van der Waals surface area contributed by atoms with Crippen molar-refractivity contribution in [1.29, 1.82) is 0 Å². The first-order valence-electron chi connectivity index (χ1n) is 3.93. The van der Waals surface area contributed by atoms with Crippen molar-refractivity contribution in [2.45, 2.75) is 18.6 Å². The van der Waals surface area contributed by atoms with Gasteiger partial charge in [-0.2, -0.15) is 13.2 Å². The van der Waals surface area contributed by atoms with Gasteiger partial charge >= 0.3 is 6.18 Å². The molecule has 0 radical (unpaired) electrons. The van der Waals surface area contributed by atoms with E-state index in [1.54, 1.807) is 0 Å². The van der Waals surface area contributed by atoms with E-state index in [0.29, 0.717) is 0 Å². The molecule has 0 aromatic carbocycles. The van der Waals surface area contributed by atoms with Crippen LogP contribution in [0.15, 0.2) is 18.3 Å². The van der Waals surface area contributed by atoms with Gasteiger partial charge in [-0.05, 0) is 6.07 Å². The summed E-state index contributed by atoms with van der Waals surface area (Å²) in [6.07, 6.45) is -3.98. The molecule has 3 nitrogen and oxygen atoms in total. The van der Waals surface area contributed by atoms with Gasteiger partial charge in [0.25, 0.3) is 0 Å². The van der Waals surface area contributed by atoms with E-state index in [-0.39, 0.29) is 23.8 Å². The van der Waals surface area contributed by atoms with E-state index in [2.05, 4.69) is 4.98 Å². The third-order valence-corrected chi connectivity index (χ3v) is 1.72. The summed E-state index contributed by atoms with van der Waals surface area (Å²) in [5.74, 6) is 0.0456. The van der Waals surface area contributed by atoms with Crippen molar-refractivity contribution in [1.82, 2.24) is 4.98 Å². The average molecular weight is 242 g/mol. The highest BCUT2D eigenvalue weighted by atomic mass is 35.5. The van der Waals surface area contributed by atoms with Crippen LogP contribution in [0.2, 0.25) is 0 Å². The van der Waals surface area contributed by atoms with Gasteiger partial charge in [0.15, 0.2) is 0 Å². The molecule has 0 spiro atoms. The highest BCUT2D eigenvalue weighted by Gasteiger charge is 2.31. The molecule has 0 aliphatic heterocycles. The van der Waals surface area contributed by atoms with Crippen LogP contribution in [-0.2, 0) is 0 Å². The Bertz CT molecular complexity index is 316. The smallest absolute Gasteiger partial charge is 0.383 e. The van der Waals surface area contributed by atoms with Crippen LogP contribution >= 0.6 is 12.4 Å². The normalized spacial score (nSPS) is 13.1. The Morgan fingerprint density at radius 3 is 2.47 bits per heavy atom. The third-order valence-electron chi connectivity index (χ3n) is 1.72. The first-order chi connectivity index (χ1) is 6.40. The van der Waals surface area contributed by atoms with Crippen molar-refractivity contribution in [2.24, 2.45) is 5.73 Å². The lowest BCUT2D eigenvalue weighted by Gasteiger charge is -2.15. The number of rotatable bonds is 2. The van der Waals surface area contributed by atoms with Crippen LogP contribution in [0.3, 0.4) is 0 Å². The van der Waals surface area contributed by atoms with E-state index < -0.39 is 18.6 Å². The first kappa shape index (κ1) is 14.0. The van der Waals surface area contributed by atoms with Gasteiger partial charge in [0.2, 0.25) is 0 Å². The predicted molar refractivity (Wildman–Crippen MR) is 53.5 cm³/mol. The minimum Gasteiger partial charge on any atom is -0.383 e. The molecule has 1 aromatic rings. The fourth-order valence-electron chi connectivity index (χ4n) is 1.10. The van der Waals surface area contributed by atoms with Crippen LogP contribution in [0, 0.1) is 0 Å². The average Bonchev–Trinajstić information content (AvgIpc) is 2.01. The monoisotopic (exact) mass is 241 g/mol. The molecular formula is C8H11ClF3N3. The zero-order chi connectivity index (χ0) is 10.8. The lowest BCUT2D eigenvalue weighted by molar-refractivity contribution is -0.138. The van der Waals surface area contributed by atoms with Gasteiger partial charge in [-0.15, -0.1) is 12.4 Å². The fraction of sp³-hybridized carbons (Fsp3) is 0.375. The Hall–Kier alpha value is -1.01. The summed E-state index contributed by atoms with van der Waals surface area (Å²) in [7, 11) is 0. The highest BCUT2D eigenvalue weighted by Crippen LogP contribution is 2.29. The quantitative estimate of drug-likeness (QED) is 0.833. The molecule has 0 saturated carbocycles. The number of anilines is 1. The lowest BCUT2D eigenvalue weighted by atomic mass is 10.1. The Morgan fingerprint density at radius 2 is 2.00 bits per heavy atom. The van der Waals surface area contributed by atoms with Gasteiger partial charge in [-0.25, -0.2) is 4.98 Å². The number of nitrogen functional groups attached to an aromatic ring is 1. The third kappa shape index (κ3) is 4.35. The maximum atomic E-state index is 12.0. The summed E-state index contributed by atoms with van der Waals surface area (Å²) >= 11 is 0. The van der Waals surface area contributed by atoms with Gasteiger partial charge in [0, 0.05) is 17.8 Å². The number of pyridine rings is 1. The van der Waals surface area contributed by atoms with Crippen LogP contribution in [0.4, 0.5) is 19.0 Å². The van der Waals surface area contributed by atoms with E-state index in [4.69, 9.17) is 11.5 Å². The molecule has 86 valence electrons. The van der Waals surface area contributed by atoms with Crippen LogP contribution in [0.1, 0.15) is 18.0 Å². The van der Waals surface area contributed by atoms with E-state index in [1.165, 1.54) is 18.3 Å². The number of aromatic nitrogens is 1. The van der Waals surface area contributed by atoms with Crippen molar-refractivity contribution in [3.8, 4) is 0 Å². The zero-order valence-corrected chi connectivity index (χ0v) is 8.48. The van der Waals surface area contributed by atoms with Crippen molar-refractivity contribution < 1.29 is 13.2 Å². The molecular weight excluding hydrogens is 231 g/mol. The molecule has 0 saturated heterocycles. The fourth-order valence-corrected chi connectivity index (χ4v) is 1.10. The van der Waals surface area contributed by atoms with E-state index in [0.717, 1.165) is 0 Å². The van der Waals surface area contributed by atoms with Crippen LogP contribution in [-0.4, -0.2) is 11.2 Å². The molecule has 1 rings (SSSR count). The Kier molecular flexibility index (Phi) is 4.83. The summed E-state index contributed by atoms with van der Waals surface area (Å²) in [6, 6.07) is 1.80. The Balaban J connectivity index is 0.00000196. The van der Waals surface area contributed by atoms with E-state index in [9.17, 15) is 13.2 Å². The summed E-state index contributed by atoms with van der Waals surface area (Å²) in [4.78, 5) is 3.66. The van der Waals surface area contributed by atoms with Crippen molar-refractivity contribution in [3.05, 3.63) is 23.9 Å². The van der Waals surface area contributed by atoms with Crippen LogP contribution < -0.4 is 11.5 Å². The van der Waals surface area contributed by atoms with Gasteiger partial charge < -0.3 is 11.5 Å². The SMILES string of the molecule is Cl.Nc1ncccc1[C@H](N)CC(F)(F)F. The second-order valence-electron chi connectivity index (χ2n) is 2.90. The summed E-state index contributed by atoms with van der Waals surface area (Å²) in [5, 5.41) is 0. The molecule has 0 unspecified atom stereocenters. The summed E-state index contributed by atoms with van der Waals surface area (Å²) in [6.45, 7) is 0. The number of alkyl halides is 3. The Labute approximate surface area is 91.1 Å². The molecule has 0 bridgehead atoms. The van der Waals surface area contributed by atoms with Gasteiger partial charge in [-0.3, -0.25) is 0 Å². The predicted octanol–water partition coefficient (Wildman–Crippen LogP) is 2.04. The minimum absolute atomic E-state index is 0. The maximum absolute atomic E-state index is 12.0. The molecule has 7 heteroatoms. The molecule has 0 aliphatic rings. The largest absolute Gasteiger partial charge is 0.390 e. The number of nitrogens with zero attached hydrogens (tertiary/aromatic N) is 1. The second-order valence-corrected chi connectivity index (χ2v) is 2.90. The standard InChI is InChI=1S/C8H10F3N3.ClH/c9-8(10,11)4-6(12)5-2-1-3-14-7(5)13;/h1-3,6H,4,12H2,(H2,13,14);1H/t6-;/m1./s1. The first-order valence-corrected chi connectivity index (χ1v) is 3.93. The Morgan fingerprint density at radius 1 is 1.40 bits per heavy atom. The number of halogens is 4. The second kappa shape index (κ2) is 5.18. The molecule has 1 aromatic heterocycles. The number of hydrogen-bond donors (Lipinski definition) is 2. The van der Waals surface area contributed by atoms with Crippen molar-refractivity contribution >= 4 is 18.2 Å². The van der Waals surface area contributed by atoms with Gasteiger partial charge in [0.05, 0.1) is 6.42 Å². The minimum atomic E-state index is -4.29. The molecule has 15 heavy (non-hydrogen) atoms. The number of hydrogen-bond acceptors (Lipinski definition) is 3. The van der Waals surface area contributed by atoms with E-state index in [1.807, 2.05) is 0 Å². The molecule has 1 atom stereocenters. The lowest BCUT2D eigenvalue weighted by Crippen LogP contribution is -2.21. The summed E-state index contributed by atoms with van der Waals surface area (Å²) < 4.78 is 35.9. The van der Waals surface area contributed by atoms with Crippen LogP contribution in [0.5, 0.6) is 0 Å². The van der Waals surface area contributed by atoms with Gasteiger partial charge in [0.1, 0.15) is 5.82 Å². The molecule has 1 heterocycles. The molecule has 0 fully saturated rings. The van der Waals surface area contributed by atoms with Crippen LogP contribution in [0.25, 0.3) is 0 Å².